The molecule has 0 saturated carbocycles. The molecule has 1 atom stereocenters. The second-order valence-corrected chi connectivity index (χ2v) is 5.15. The van der Waals surface area contributed by atoms with Gasteiger partial charge in [0.05, 0.1) is 11.1 Å². The van der Waals surface area contributed by atoms with Crippen molar-refractivity contribution >= 4 is 11.6 Å². The summed E-state index contributed by atoms with van der Waals surface area (Å²) < 4.78 is 13.2. The number of hydrogen-bond donors (Lipinski definition) is 1. The minimum atomic E-state index is -0.389. The van der Waals surface area contributed by atoms with Crippen molar-refractivity contribution in [1.82, 2.24) is 5.32 Å². The lowest BCUT2D eigenvalue weighted by atomic mass is 9.96. The van der Waals surface area contributed by atoms with E-state index in [2.05, 4.69) is 37.4 Å². The summed E-state index contributed by atoms with van der Waals surface area (Å²) in [6, 6.07) is 11.2. The Kier molecular flexibility index (Phi) is 4.23. The summed E-state index contributed by atoms with van der Waals surface area (Å²) in [5.74, 6) is -0.389. The van der Waals surface area contributed by atoms with Crippen LogP contribution in [0, 0.1) is 19.7 Å². The van der Waals surface area contributed by atoms with Gasteiger partial charge in [-0.15, -0.1) is 0 Å². The van der Waals surface area contributed by atoms with Gasteiger partial charge in [0.2, 0.25) is 0 Å². The van der Waals surface area contributed by atoms with Gasteiger partial charge in [0, 0.05) is 0 Å². The maximum atomic E-state index is 13.2. The zero-order chi connectivity index (χ0) is 14.0. The van der Waals surface area contributed by atoms with Gasteiger partial charge in [-0.1, -0.05) is 35.9 Å². The molecule has 0 aromatic heterocycles. The molecule has 3 heteroatoms. The van der Waals surface area contributed by atoms with E-state index in [-0.39, 0.29) is 16.9 Å². The Labute approximate surface area is 118 Å². The first-order chi connectivity index (χ1) is 9.02. The third-order valence-corrected chi connectivity index (χ3v) is 3.72. The van der Waals surface area contributed by atoms with Crippen LogP contribution >= 0.6 is 11.6 Å². The van der Waals surface area contributed by atoms with Crippen molar-refractivity contribution < 1.29 is 4.39 Å². The van der Waals surface area contributed by atoms with Crippen molar-refractivity contribution in [2.75, 3.05) is 7.05 Å². The zero-order valence-corrected chi connectivity index (χ0v) is 12.1. The summed E-state index contributed by atoms with van der Waals surface area (Å²) >= 11 is 5.86. The normalized spacial score (nSPS) is 12.5. The molecule has 0 amide bonds. The Bertz CT molecular complexity index is 544. The van der Waals surface area contributed by atoms with Gasteiger partial charge in [-0.2, -0.15) is 0 Å². The maximum Gasteiger partial charge on any atom is 0.141 e. The van der Waals surface area contributed by atoms with E-state index in [1.54, 1.807) is 12.1 Å². The van der Waals surface area contributed by atoms with E-state index >= 15 is 0 Å². The van der Waals surface area contributed by atoms with Gasteiger partial charge in [-0.25, -0.2) is 4.39 Å². The molecular weight excluding hydrogens is 261 g/mol. The van der Waals surface area contributed by atoms with Crippen molar-refractivity contribution in [3.63, 3.8) is 0 Å². The molecule has 2 rings (SSSR count). The van der Waals surface area contributed by atoms with Crippen LogP contribution in [0.5, 0.6) is 0 Å². The number of rotatable bonds is 3. The van der Waals surface area contributed by atoms with Crippen molar-refractivity contribution in [3.8, 4) is 0 Å². The van der Waals surface area contributed by atoms with E-state index in [1.807, 2.05) is 7.05 Å². The van der Waals surface area contributed by atoms with Crippen LogP contribution in [0.15, 0.2) is 36.4 Å². The molecule has 0 heterocycles. The first-order valence-corrected chi connectivity index (χ1v) is 6.60. The van der Waals surface area contributed by atoms with Gasteiger partial charge in [0.25, 0.3) is 0 Å². The van der Waals surface area contributed by atoms with E-state index in [0.29, 0.717) is 0 Å². The lowest BCUT2D eigenvalue weighted by Gasteiger charge is -2.18. The summed E-state index contributed by atoms with van der Waals surface area (Å²) in [4.78, 5) is 0. The van der Waals surface area contributed by atoms with Crippen LogP contribution < -0.4 is 5.32 Å². The molecule has 2 aromatic carbocycles. The molecule has 2 aromatic rings. The topological polar surface area (TPSA) is 12.0 Å². The summed E-state index contributed by atoms with van der Waals surface area (Å²) in [6.45, 7) is 4.17. The van der Waals surface area contributed by atoms with Crippen molar-refractivity contribution in [3.05, 3.63) is 69.5 Å². The van der Waals surface area contributed by atoms with Crippen LogP contribution in [-0.4, -0.2) is 7.05 Å². The van der Waals surface area contributed by atoms with Gasteiger partial charge >= 0.3 is 0 Å². The monoisotopic (exact) mass is 277 g/mol. The highest BCUT2D eigenvalue weighted by Crippen LogP contribution is 2.26. The lowest BCUT2D eigenvalue weighted by molar-refractivity contribution is 0.624. The Morgan fingerprint density at radius 2 is 1.63 bits per heavy atom. The standard InChI is InChI=1S/C16H17ClFN/c1-10-4-5-12(8-11(10)2)16(19-3)13-6-7-15(18)14(17)9-13/h4-9,16,19H,1-3H3. The highest BCUT2D eigenvalue weighted by Gasteiger charge is 2.14. The molecular formula is C16H17ClFN. The summed E-state index contributed by atoms with van der Waals surface area (Å²) in [6.07, 6.45) is 0. The number of halogens is 2. The molecule has 1 N–H and O–H groups in total. The number of nitrogens with one attached hydrogen (secondary N) is 1. The summed E-state index contributed by atoms with van der Waals surface area (Å²) in [7, 11) is 1.89. The van der Waals surface area contributed by atoms with Gasteiger partial charge in [0.15, 0.2) is 0 Å². The van der Waals surface area contributed by atoms with Crippen LogP contribution in [0.3, 0.4) is 0 Å². The van der Waals surface area contributed by atoms with Gasteiger partial charge in [0.1, 0.15) is 5.82 Å². The Morgan fingerprint density at radius 3 is 2.21 bits per heavy atom. The molecule has 0 aliphatic rings. The van der Waals surface area contributed by atoms with Gasteiger partial charge in [-0.05, 0) is 55.3 Å². The van der Waals surface area contributed by atoms with Crippen molar-refractivity contribution in [1.29, 1.82) is 0 Å². The molecule has 0 aliphatic carbocycles. The number of hydrogen-bond acceptors (Lipinski definition) is 1. The van der Waals surface area contributed by atoms with Crippen LogP contribution in [-0.2, 0) is 0 Å². The molecule has 100 valence electrons. The number of aryl methyl sites for hydroxylation is 2. The molecule has 0 saturated heterocycles. The molecule has 1 nitrogen and oxygen atoms in total. The maximum absolute atomic E-state index is 13.2. The minimum absolute atomic E-state index is 0.0115. The molecule has 0 spiro atoms. The van der Waals surface area contributed by atoms with E-state index in [1.165, 1.54) is 17.2 Å². The summed E-state index contributed by atoms with van der Waals surface area (Å²) in [5.41, 5.74) is 4.60. The van der Waals surface area contributed by atoms with Crippen molar-refractivity contribution in [2.45, 2.75) is 19.9 Å². The van der Waals surface area contributed by atoms with Crippen LogP contribution in [0.1, 0.15) is 28.3 Å². The fourth-order valence-corrected chi connectivity index (χ4v) is 2.35. The van der Waals surface area contributed by atoms with E-state index < -0.39 is 0 Å². The predicted octanol–water partition coefficient (Wildman–Crippen LogP) is 4.40. The average molecular weight is 278 g/mol. The highest BCUT2D eigenvalue weighted by molar-refractivity contribution is 6.30. The van der Waals surface area contributed by atoms with Gasteiger partial charge < -0.3 is 5.32 Å². The Balaban J connectivity index is 2.43. The molecule has 0 aliphatic heterocycles. The highest BCUT2D eigenvalue weighted by atomic mass is 35.5. The smallest absolute Gasteiger partial charge is 0.141 e. The molecule has 1 unspecified atom stereocenters. The van der Waals surface area contributed by atoms with Crippen molar-refractivity contribution in [2.24, 2.45) is 0 Å². The van der Waals surface area contributed by atoms with Gasteiger partial charge in [-0.3, -0.25) is 0 Å². The van der Waals surface area contributed by atoms with E-state index in [4.69, 9.17) is 11.6 Å². The minimum Gasteiger partial charge on any atom is -0.309 e. The van der Waals surface area contributed by atoms with E-state index in [9.17, 15) is 4.39 Å². The first-order valence-electron chi connectivity index (χ1n) is 6.22. The SMILES string of the molecule is CNC(c1ccc(C)c(C)c1)c1ccc(F)c(Cl)c1. The first kappa shape index (κ1) is 14.0. The van der Waals surface area contributed by atoms with Crippen LogP contribution in [0.2, 0.25) is 5.02 Å². The molecule has 0 fully saturated rings. The second-order valence-electron chi connectivity index (χ2n) is 4.74. The van der Waals surface area contributed by atoms with E-state index in [0.717, 1.165) is 11.1 Å². The lowest BCUT2D eigenvalue weighted by Crippen LogP contribution is -2.18. The zero-order valence-electron chi connectivity index (χ0n) is 11.3. The van der Waals surface area contributed by atoms with Crippen LogP contribution in [0.25, 0.3) is 0 Å². The third kappa shape index (κ3) is 2.96. The number of benzene rings is 2. The molecule has 0 radical (unpaired) electrons. The quantitative estimate of drug-likeness (QED) is 0.876. The predicted molar refractivity (Wildman–Crippen MR) is 78.2 cm³/mol. The second kappa shape index (κ2) is 5.72. The summed E-state index contributed by atoms with van der Waals surface area (Å²) in [5, 5.41) is 3.40. The Hall–Kier alpha value is -1.38. The average Bonchev–Trinajstić information content (AvgIpc) is 2.39. The fourth-order valence-electron chi connectivity index (χ4n) is 2.16. The van der Waals surface area contributed by atoms with Crippen LogP contribution in [0.4, 0.5) is 4.39 Å². The largest absolute Gasteiger partial charge is 0.309 e. The third-order valence-electron chi connectivity index (χ3n) is 3.43. The molecule has 0 bridgehead atoms. The molecule has 19 heavy (non-hydrogen) atoms. The fraction of sp³-hybridized carbons (Fsp3) is 0.250. The Morgan fingerprint density at radius 1 is 1.00 bits per heavy atom.